The Labute approximate surface area is 160 Å². The van der Waals surface area contributed by atoms with Crippen LogP contribution in [-0.2, 0) is 19.2 Å². The zero-order valence-corrected chi connectivity index (χ0v) is 15.7. The van der Waals surface area contributed by atoms with Crippen molar-refractivity contribution in [2.24, 2.45) is 5.73 Å². The Bertz CT molecular complexity index is 521. The molecule has 0 aromatic carbocycles. The Morgan fingerprint density at radius 1 is 0.923 bits per heavy atom. The first kappa shape index (κ1) is 24.5. The van der Waals surface area contributed by atoms with Gasteiger partial charge in [-0.15, -0.1) is 0 Å². The van der Waals surface area contributed by atoms with Crippen molar-refractivity contribution < 1.29 is 34.5 Å². The van der Waals surface area contributed by atoms with Crippen LogP contribution in [0.2, 0.25) is 0 Å². The Morgan fingerprint density at radius 2 is 1.35 bits per heavy atom. The van der Waals surface area contributed by atoms with E-state index in [2.05, 4.69) is 41.2 Å². The van der Waals surface area contributed by atoms with Crippen molar-refractivity contribution in [1.82, 2.24) is 16.0 Å². The fourth-order valence-electron chi connectivity index (χ4n) is 1.61. The number of amides is 3. The van der Waals surface area contributed by atoms with Crippen LogP contribution in [0.15, 0.2) is 0 Å². The predicted octanol–water partition coefficient (Wildman–Crippen LogP) is -3.91. The number of carbonyl (C=O) groups excluding carboxylic acids is 3. The molecule has 0 aliphatic heterocycles. The maximum Gasteiger partial charge on any atom is 0.327 e. The van der Waals surface area contributed by atoms with E-state index in [0.717, 1.165) is 0 Å². The van der Waals surface area contributed by atoms with Gasteiger partial charge in [-0.25, -0.2) is 4.79 Å². The molecule has 5 atom stereocenters. The molecule has 13 heteroatoms. The summed E-state index contributed by atoms with van der Waals surface area (Å²) in [7, 11) is 0. The average molecular weight is 412 g/mol. The van der Waals surface area contributed by atoms with Crippen molar-refractivity contribution >= 4 is 48.9 Å². The Kier molecular flexibility index (Phi) is 11.2. The summed E-state index contributed by atoms with van der Waals surface area (Å²) in [5.74, 6) is -4.24. The molecular formula is C13H24N4O7S2. The van der Waals surface area contributed by atoms with E-state index in [4.69, 9.17) is 10.8 Å². The van der Waals surface area contributed by atoms with Gasteiger partial charge < -0.3 is 37.0 Å². The Hall–Kier alpha value is -1.54. The third kappa shape index (κ3) is 7.78. The summed E-state index contributed by atoms with van der Waals surface area (Å²) >= 11 is 7.72. The molecule has 0 heterocycles. The van der Waals surface area contributed by atoms with Crippen molar-refractivity contribution in [3.05, 3.63) is 0 Å². The molecule has 0 bridgehead atoms. The minimum Gasteiger partial charge on any atom is -0.480 e. The molecule has 8 N–H and O–H groups in total. The van der Waals surface area contributed by atoms with Gasteiger partial charge in [-0.05, 0) is 6.92 Å². The number of rotatable bonds is 11. The van der Waals surface area contributed by atoms with Crippen LogP contribution in [0.4, 0.5) is 0 Å². The average Bonchev–Trinajstić information content (AvgIpc) is 2.59. The summed E-state index contributed by atoms with van der Waals surface area (Å²) in [5.41, 5.74) is 5.42. The van der Waals surface area contributed by atoms with Gasteiger partial charge >= 0.3 is 5.97 Å². The molecule has 0 saturated carbocycles. The van der Waals surface area contributed by atoms with Gasteiger partial charge in [-0.2, -0.15) is 25.3 Å². The summed E-state index contributed by atoms with van der Waals surface area (Å²) in [5, 5.41) is 34.0. The Balaban J connectivity index is 4.91. The van der Waals surface area contributed by atoms with Crippen molar-refractivity contribution in [3.8, 4) is 0 Å². The summed E-state index contributed by atoms with van der Waals surface area (Å²) in [4.78, 5) is 46.8. The van der Waals surface area contributed by atoms with Crippen LogP contribution < -0.4 is 21.7 Å². The van der Waals surface area contributed by atoms with Gasteiger partial charge in [-0.1, -0.05) is 0 Å². The molecule has 0 aliphatic carbocycles. The number of carbonyl (C=O) groups is 4. The molecule has 0 aromatic heterocycles. The first-order valence-corrected chi connectivity index (χ1v) is 8.75. The van der Waals surface area contributed by atoms with Gasteiger partial charge in [0.05, 0.1) is 12.7 Å². The van der Waals surface area contributed by atoms with Crippen molar-refractivity contribution in [2.75, 3.05) is 18.1 Å². The lowest BCUT2D eigenvalue weighted by Gasteiger charge is -2.23. The second kappa shape index (κ2) is 12.0. The standard InChI is InChI=1S/C13H24N4O7S2/c1-5(19)9(14)12(22)15-6(2-18)10(20)16-7(3-25)11(21)17-8(4-26)13(23)24/h5-9,18-19,25-26H,2-4,14H2,1H3,(H,15,22)(H,16,20)(H,17,21)(H,23,24). The van der Waals surface area contributed by atoms with E-state index in [-0.39, 0.29) is 11.5 Å². The number of nitrogens with one attached hydrogen (secondary N) is 3. The zero-order chi connectivity index (χ0) is 20.4. The number of nitrogens with two attached hydrogens (primary N) is 1. The molecule has 26 heavy (non-hydrogen) atoms. The van der Waals surface area contributed by atoms with E-state index >= 15 is 0 Å². The minimum absolute atomic E-state index is 0.166. The highest BCUT2D eigenvalue weighted by molar-refractivity contribution is 7.80. The lowest BCUT2D eigenvalue weighted by Crippen LogP contribution is -2.59. The highest BCUT2D eigenvalue weighted by atomic mass is 32.1. The number of hydrogen-bond donors (Lipinski definition) is 9. The van der Waals surface area contributed by atoms with Crippen LogP contribution in [-0.4, -0.2) is 87.4 Å². The second-order valence-electron chi connectivity index (χ2n) is 5.34. The van der Waals surface area contributed by atoms with Crippen molar-refractivity contribution in [3.63, 3.8) is 0 Å². The van der Waals surface area contributed by atoms with E-state index in [0.29, 0.717) is 0 Å². The van der Waals surface area contributed by atoms with Gasteiger partial charge in [0.1, 0.15) is 24.2 Å². The molecule has 3 amide bonds. The summed E-state index contributed by atoms with van der Waals surface area (Å²) in [6.07, 6.45) is -1.18. The van der Waals surface area contributed by atoms with Crippen LogP contribution >= 0.6 is 25.3 Å². The van der Waals surface area contributed by atoms with Gasteiger partial charge in [0.2, 0.25) is 17.7 Å². The van der Waals surface area contributed by atoms with Crippen LogP contribution in [0, 0.1) is 0 Å². The van der Waals surface area contributed by atoms with Crippen molar-refractivity contribution in [1.29, 1.82) is 0 Å². The predicted molar refractivity (Wildman–Crippen MR) is 97.9 cm³/mol. The fourth-order valence-corrected chi connectivity index (χ4v) is 2.11. The number of aliphatic carboxylic acids is 1. The monoisotopic (exact) mass is 412 g/mol. The largest absolute Gasteiger partial charge is 0.480 e. The molecule has 0 aliphatic rings. The quantitative estimate of drug-likeness (QED) is 0.154. The smallest absolute Gasteiger partial charge is 0.327 e. The molecule has 0 fully saturated rings. The maximum absolute atomic E-state index is 12.1. The third-order valence-corrected chi connectivity index (χ3v) is 3.98. The summed E-state index contributed by atoms with van der Waals surface area (Å²) < 4.78 is 0. The zero-order valence-electron chi connectivity index (χ0n) is 14.0. The molecule has 5 unspecified atom stereocenters. The number of carboxylic acid groups (broad SMARTS) is 1. The SMILES string of the molecule is CC(O)C(N)C(=O)NC(CO)C(=O)NC(CS)C(=O)NC(CS)C(=O)O. The van der Waals surface area contributed by atoms with E-state index < -0.39 is 60.6 Å². The Morgan fingerprint density at radius 3 is 1.73 bits per heavy atom. The molecule has 0 saturated heterocycles. The van der Waals surface area contributed by atoms with Crippen molar-refractivity contribution in [2.45, 2.75) is 37.2 Å². The maximum atomic E-state index is 12.1. The third-order valence-electron chi connectivity index (χ3n) is 3.25. The van der Waals surface area contributed by atoms with Crippen LogP contribution in [0.5, 0.6) is 0 Å². The number of aliphatic hydroxyl groups is 2. The van der Waals surface area contributed by atoms with Gasteiger partial charge in [-0.3, -0.25) is 14.4 Å². The highest BCUT2D eigenvalue weighted by Crippen LogP contribution is 1.97. The van der Waals surface area contributed by atoms with Crippen LogP contribution in [0.25, 0.3) is 0 Å². The van der Waals surface area contributed by atoms with E-state index in [1.807, 2.05) is 0 Å². The van der Waals surface area contributed by atoms with E-state index in [1.165, 1.54) is 6.92 Å². The number of carboxylic acids is 1. The lowest BCUT2D eigenvalue weighted by atomic mass is 10.1. The molecule has 0 rings (SSSR count). The normalized spacial score (nSPS) is 16.5. The van der Waals surface area contributed by atoms with Gasteiger partial charge in [0.15, 0.2) is 0 Å². The summed E-state index contributed by atoms with van der Waals surface area (Å²) in [6.45, 7) is 0.485. The molecular weight excluding hydrogens is 388 g/mol. The first-order valence-electron chi connectivity index (χ1n) is 7.49. The molecule has 11 nitrogen and oxygen atoms in total. The van der Waals surface area contributed by atoms with E-state index in [9.17, 15) is 29.4 Å². The topological polar surface area (TPSA) is 191 Å². The first-order chi connectivity index (χ1) is 12.1. The van der Waals surface area contributed by atoms with Gasteiger partial charge in [0.25, 0.3) is 0 Å². The minimum atomic E-state index is -1.43. The number of aliphatic hydroxyl groups excluding tert-OH is 2. The molecule has 0 spiro atoms. The second-order valence-corrected chi connectivity index (χ2v) is 6.07. The van der Waals surface area contributed by atoms with Gasteiger partial charge in [0, 0.05) is 11.5 Å². The van der Waals surface area contributed by atoms with Crippen LogP contribution in [0.1, 0.15) is 6.92 Å². The molecule has 150 valence electrons. The highest BCUT2D eigenvalue weighted by Gasteiger charge is 2.29. The fraction of sp³-hybridized carbons (Fsp3) is 0.692. The molecule has 0 aromatic rings. The van der Waals surface area contributed by atoms with Crippen LogP contribution in [0.3, 0.4) is 0 Å². The summed E-state index contributed by atoms with van der Waals surface area (Å²) in [6, 6.07) is -5.22. The van der Waals surface area contributed by atoms with E-state index in [1.54, 1.807) is 0 Å². The lowest BCUT2D eigenvalue weighted by molar-refractivity contribution is -0.141. The molecule has 0 radical (unpaired) electrons. The number of hydrogen-bond acceptors (Lipinski definition) is 9. The number of thiol groups is 2.